The van der Waals surface area contributed by atoms with Crippen molar-refractivity contribution >= 4 is 51.4 Å². The fraction of sp³-hybridized carbons (Fsp3) is 0.320. The zero-order chi connectivity index (χ0) is 54.9. The second-order valence-corrected chi connectivity index (χ2v) is 16.9. The Kier molecular flexibility index (Phi) is 20.8. The largest absolute Gasteiger partial charge is 0.492 e. The summed E-state index contributed by atoms with van der Waals surface area (Å²) in [6.07, 6.45) is 1.37. The third-order valence-electron chi connectivity index (χ3n) is 10.2. The van der Waals surface area contributed by atoms with Crippen LogP contribution in [-0.2, 0) is 10.8 Å². The van der Waals surface area contributed by atoms with Crippen molar-refractivity contribution in [2.75, 3.05) is 44.3 Å². The van der Waals surface area contributed by atoms with Gasteiger partial charge >= 0.3 is 5.97 Å². The SMILES string of the molecule is CCOc1cc2nc(C(C)(C)C#N)cn2cc1N.CCOc1cc2nc(C(C)(C)C#N)cn2cc1NC(=O)c1cccc(C(F)CF)n1.O=C(Cl)c1cccc(C(F)CF)n1.O=C(O)c1cccc(C(F)CF)n1. The fourth-order valence-corrected chi connectivity index (χ4v) is 6.18. The number of carboxylic acid groups (broad SMARTS) is 1. The number of carbonyl (C=O) groups is 3. The van der Waals surface area contributed by atoms with Crippen LogP contribution in [0.3, 0.4) is 0 Å². The van der Waals surface area contributed by atoms with E-state index in [0.717, 1.165) is 11.3 Å². The lowest BCUT2D eigenvalue weighted by atomic mass is 9.92. The predicted molar refractivity (Wildman–Crippen MR) is 262 cm³/mol. The molecule has 24 heteroatoms. The number of nitrogens with one attached hydrogen (secondary N) is 1. The molecular weight excluding hydrogens is 1000 g/mol. The summed E-state index contributed by atoms with van der Waals surface area (Å²) in [5.74, 6) is -0.848. The third-order valence-corrected chi connectivity index (χ3v) is 10.4. The first-order valence-electron chi connectivity index (χ1n) is 22.2. The van der Waals surface area contributed by atoms with Gasteiger partial charge in [-0.15, -0.1) is 0 Å². The number of halogens is 7. The zero-order valence-electron chi connectivity index (χ0n) is 40.7. The first-order chi connectivity index (χ1) is 35.1. The van der Waals surface area contributed by atoms with Crippen molar-refractivity contribution in [1.82, 2.24) is 33.7 Å². The van der Waals surface area contributed by atoms with E-state index in [1.807, 2.05) is 31.4 Å². The van der Waals surface area contributed by atoms with Gasteiger partial charge in [-0.1, -0.05) is 18.2 Å². The minimum absolute atomic E-state index is 0.0527. The van der Waals surface area contributed by atoms with Gasteiger partial charge in [-0.3, -0.25) is 9.59 Å². The number of carbonyl (C=O) groups excluding carboxylic acids is 2. The molecule has 3 unspecified atom stereocenters. The van der Waals surface area contributed by atoms with Crippen LogP contribution in [0.5, 0.6) is 11.5 Å². The van der Waals surface area contributed by atoms with Crippen LogP contribution >= 0.6 is 11.6 Å². The Morgan fingerprint density at radius 3 is 1.51 bits per heavy atom. The van der Waals surface area contributed by atoms with Gasteiger partial charge in [0.15, 0.2) is 18.5 Å². The molecule has 0 saturated heterocycles. The van der Waals surface area contributed by atoms with Crippen molar-refractivity contribution in [2.45, 2.75) is 70.9 Å². The Morgan fingerprint density at radius 2 is 1.08 bits per heavy atom. The van der Waals surface area contributed by atoms with Crippen LogP contribution in [0.1, 0.15) is 120 Å². The van der Waals surface area contributed by atoms with Crippen molar-refractivity contribution in [3.8, 4) is 23.6 Å². The minimum Gasteiger partial charge on any atom is -0.492 e. The van der Waals surface area contributed by atoms with E-state index in [9.17, 15) is 46.0 Å². The van der Waals surface area contributed by atoms with E-state index in [0.29, 0.717) is 47.4 Å². The smallest absolute Gasteiger partial charge is 0.354 e. The minimum atomic E-state index is -1.89. The fourth-order valence-electron chi connectivity index (χ4n) is 6.07. The highest BCUT2D eigenvalue weighted by Gasteiger charge is 2.26. The number of amides is 1. The summed E-state index contributed by atoms with van der Waals surface area (Å²) in [6.45, 7) is 8.22. The number of anilines is 2. The van der Waals surface area contributed by atoms with Crippen LogP contribution in [0.15, 0.2) is 91.5 Å². The van der Waals surface area contributed by atoms with E-state index >= 15 is 0 Å². The van der Waals surface area contributed by atoms with Gasteiger partial charge in [0.1, 0.15) is 65.6 Å². The van der Waals surface area contributed by atoms with E-state index in [4.69, 9.17) is 37.2 Å². The van der Waals surface area contributed by atoms with Crippen LogP contribution in [0, 0.1) is 22.7 Å². The number of rotatable bonds is 16. The highest BCUT2D eigenvalue weighted by molar-refractivity contribution is 6.67. The molecule has 17 nitrogen and oxygen atoms in total. The molecule has 0 aliphatic carbocycles. The van der Waals surface area contributed by atoms with E-state index < -0.39 is 66.5 Å². The molecule has 0 saturated carbocycles. The number of nitrogens with two attached hydrogens (primary N) is 1. The molecule has 0 aliphatic heterocycles. The molecule has 390 valence electrons. The Morgan fingerprint density at radius 1 is 0.676 bits per heavy atom. The molecule has 3 atom stereocenters. The van der Waals surface area contributed by atoms with Gasteiger partial charge in [0.2, 0.25) is 0 Å². The molecule has 7 rings (SSSR count). The number of nitrogen functional groups attached to an aromatic ring is 1. The summed E-state index contributed by atoms with van der Waals surface area (Å²) in [7, 11) is 0. The number of aromatic carboxylic acids is 1. The van der Waals surface area contributed by atoms with Gasteiger partial charge in [0.05, 0.1) is 70.3 Å². The molecule has 74 heavy (non-hydrogen) atoms. The van der Waals surface area contributed by atoms with E-state index in [1.165, 1.54) is 54.6 Å². The molecule has 7 aromatic heterocycles. The Balaban J connectivity index is 0.000000230. The van der Waals surface area contributed by atoms with Crippen molar-refractivity contribution in [1.29, 1.82) is 10.5 Å². The lowest BCUT2D eigenvalue weighted by Gasteiger charge is -2.12. The van der Waals surface area contributed by atoms with E-state index in [2.05, 4.69) is 42.4 Å². The molecule has 0 bridgehead atoms. The number of nitrogens with zero attached hydrogens (tertiary/aromatic N) is 9. The summed E-state index contributed by atoms with van der Waals surface area (Å²) in [4.78, 5) is 53.4. The highest BCUT2D eigenvalue weighted by atomic mass is 35.5. The number of nitriles is 2. The number of alkyl halides is 6. The monoisotopic (exact) mass is 1050 g/mol. The Bertz CT molecular complexity index is 3100. The van der Waals surface area contributed by atoms with Crippen molar-refractivity contribution < 1.29 is 55.3 Å². The molecule has 0 fully saturated rings. The lowest BCUT2D eigenvalue weighted by molar-refractivity contribution is 0.0689. The summed E-state index contributed by atoms with van der Waals surface area (Å²) >= 11 is 5.11. The molecule has 4 N–H and O–H groups in total. The summed E-state index contributed by atoms with van der Waals surface area (Å²) in [6, 6.07) is 19.9. The molecule has 0 aromatic carbocycles. The van der Waals surface area contributed by atoms with Gasteiger partial charge in [-0.25, -0.2) is 56.1 Å². The number of carboxylic acids is 1. The number of aromatic nitrogens is 7. The summed E-state index contributed by atoms with van der Waals surface area (Å²) < 4.78 is 89.8. The average Bonchev–Trinajstić information content (AvgIpc) is 4.03. The maximum absolute atomic E-state index is 13.6. The van der Waals surface area contributed by atoms with Crippen LogP contribution in [0.2, 0.25) is 0 Å². The second-order valence-electron chi connectivity index (χ2n) is 16.5. The first kappa shape index (κ1) is 58.3. The normalized spacial score (nSPS) is 12.2. The van der Waals surface area contributed by atoms with Crippen LogP contribution in [0.25, 0.3) is 11.3 Å². The molecule has 0 aliphatic rings. The molecule has 7 aromatic rings. The average molecular weight is 1050 g/mol. The maximum Gasteiger partial charge on any atom is 0.354 e. The van der Waals surface area contributed by atoms with Crippen LogP contribution < -0.4 is 20.5 Å². The number of ether oxygens (including phenoxy) is 2. The first-order valence-corrected chi connectivity index (χ1v) is 22.6. The standard InChI is InChI=1S/C21H21F2N5O2.C13H16N4O.C8H6ClF2NO.C8H7F2NO2/c1-4-30-17-8-19-27-18(21(2,3)12-24)11-28(19)10-16(17)26-20(29)15-7-5-6-14(25-15)13(23)9-22;1-4-18-10-5-12-16-11(13(2,3)8-14)7-17(12)6-9(10)15;9-8(13)7-3-1-2-6(12-7)5(11)4-10;9-4-5(10)6-2-1-3-7(11-6)8(12)13/h5-8,10-11,13H,4,9H2,1-3H3,(H,26,29);5-7H,4,15H2,1-3H3;1-3,5H,4H2;1-3,5H,4H2,(H,12,13). The predicted octanol–water partition coefficient (Wildman–Crippen LogP) is 10.5. The highest BCUT2D eigenvalue weighted by Crippen LogP contribution is 2.31. The van der Waals surface area contributed by atoms with Gasteiger partial charge in [-0.05, 0) is 89.5 Å². The maximum atomic E-state index is 13.6. The third kappa shape index (κ3) is 15.4. The van der Waals surface area contributed by atoms with Crippen LogP contribution in [0.4, 0.5) is 37.7 Å². The Labute approximate surface area is 425 Å². The summed E-state index contributed by atoms with van der Waals surface area (Å²) in [5.41, 5.74) is 7.10. The zero-order valence-corrected chi connectivity index (χ0v) is 41.4. The Hall–Kier alpha value is -8.31. The molecule has 0 spiro atoms. The molecule has 0 radical (unpaired) electrons. The number of hydrogen-bond donors (Lipinski definition) is 3. The quantitative estimate of drug-likeness (QED) is 0.0602. The topological polar surface area (TPSA) is 249 Å². The van der Waals surface area contributed by atoms with Crippen LogP contribution in [-0.4, -0.2) is 89.2 Å². The number of fused-ring (bicyclic) bond motifs is 2. The number of pyridine rings is 5. The molecular formula is C50H50ClF6N11O6. The molecule has 1 amide bonds. The van der Waals surface area contributed by atoms with Gasteiger partial charge in [0, 0.05) is 36.9 Å². The second kappa shape index (κ2) is 26.4. The van der Waals surface area contributed by atoms with Gasteiger partial charge in [0.25, 0.3) is 11.1 Å². The van der Waals surface area contributed by atoms with Gasteiger partial charge in [-0.2, -0.15) is 10.5 Å². The van der Waals surface area contributed by atoms with E-state index in [1.54, 1.807) is 55.9 Å². The summed E-state index contributed by atoms with van der Waals surface area (Å²) in [5, 5.41) is 28.9. The number of hydrogen-bond acceptors (Lipinski definition) is 13. The van der Waals surface area contributed by atoms with Crippen molar-refractivity contribution in [3.05, 3.63) is 137 Å². The lowest BCUT2D eigenvalue weighted by Crippen LogP contribution is -2.16. The van der Waals surface area contributed by atoms with E-state index in [-0.39, 0.29) is 34.2 Å². The molecule has 7 heterocycles. The van der Waals surface area contributed by atoms with Crippen molar-refractivity contribution in [3.63, 3.8) is 0 Å². The van der Waals surface area contributed by atoms with Gasteiger partial charge < -0.3 is 34.4 Å². The van der Waals surface area contributed by atoms with Crippen molar-refractivity contribution in [2.24, 2.45) is 0 Å². The number of imidazole rings is 2.